The topological polar surface area (TPSA) is 75.9 Å². The number of hydroxylamine groups is 1. The molecule has 0 amide bonds. The Bertz CT molecular complexity index is 895. The number of nitrogens with one attached hydrogen (secondary N) is 2. The first-order valence-electron chi connectivity index (χ1n) is 7.90. The zero-order chi connectivity index (χ0) is 20.7. The first-order valence-corrected chi connectivity index (χ1v) is 7.90. The number of alkyl halides is 3. The van der Waals surface area contributed by atoms with E-state index in [0.29, 0.717) is 11.1 Å². The van der Waals surface area contributed by atoms with Gasteiger partial charge in [-0.05, 0) is 18.2 Å². The number of rotatable bonds is 7. The summed E-state index contributed by atoms with van der Waals surface area (Å²) in [7, 11) is 2.65. The van der Waals surface area contributed by atoms with Gasteiger partial charge in [-0.1, -0.05) is 42.1 Å². The van der Waals surface area contributed by atoms with Crippen molar-refractivity contribution in [1.82, 2.24) is 5.48 Å². The van der Waals surface area contributed by atoms with Crippen LogP contribution in [0.4, 0.5) is 13.2 Å². The predicted molar refractivity (Wildman–Crippen MR) is 99.0 cm³/mol. The number of ether oxygens (including phenoxy) is 1. The highest BCUT2D eigenvalue weighted by Gasteiger charge is 2.30. The fraction of sp³-hybridized carbons (Fsp3) is 0.158. The second-order valence-electron chi connectivity index (χ2n) is 5.41. The van der Waals surface area contributed by atoms with Crippen LogP contribution >= 0.6 is 0 Å². The molecule has 0 heterocycles. The number of benzene rings is 2. The summed E-state index contributed by atoms with van der Waals surface area (Å²) in [6.45, 7) is 3.83. The summed E-state index contributed by atoms with van der Waals surface area (Å²) in [6, 6.07) is 11.2. The van der Waals surface area contributed by atoms with Crippen LogP contribution in [-0.2, 0) is 15.8 Å². The zero-order valence-electron chi connectivity index (χ0n) is 15.1. The van der Waals surface area contributed by atoms with E-state index in [1.165, 1.54) is 26.4 Å². The molecule has 6 nitrogen and oxygen atoms in total. The van der Waals surface area contributed by atoms with E-state index < -0.39 is 11.7 Å². The summed E-state index contributed by atoms with van der Waals surface area (Å²) in [6.07, 6.45) is -4.48. The lowest BCUT2D eigenvalue weighted by atomic mass is 10.0. The van der Waals surface area contributed by atoms with Gasteiger partial charge in [0.25, 0.3) is 0 Å². The maximum Gasteiger partial charge on any atom is 0.416 e. The van der Waals surface area contributed by atoms with E-state index in [4.69, 9.17) is 19.8 Å². The zero-order valence-corrected chi connectivity index (χ0v) is 15.1. The van der Waals surface area contributed by atoms with Crippen molar-refractivity contribution in [2.75, 3.05) is 14.2 Å². The van der Waals surface area contributed by atoms with E-state index in [1.807, 2.05) is 0 Å². The number of halogens is 3. The maximum absolute atomic E-state index is 12.8. The van der Waals surface area contributed by atoms with Crippen LogP contribution in [0.3, 0.4) is 0 Å². The van der Waals surface area contributed by atoms with E-state index in [0.717, 1.165) is 12.1 Å². The van der Waals surface area contributed by atoms with Crippen LogP contribution < -0.4 is 10.3 Å². The van der Waals surface area contributed by atoms with Crippen LogP contribution in [0.25, 0.3) is 5.70 Å². The molecule has 148 valence electrons. The molecule has 0 bridgehead atoms. The average Bonchev–Trinajstić information content (AvgIpc) is 2.69. The summed E-state index contributed by atoms with van der Waals surface area (Å²) in [5.74, 6) is -0.273. The highest BCUT2D eigenvalue weighted by molar-refractivity contribution is 6.44. The molecule has 2 aromatic rings. The Labute approximate surface area is 159 Å². The van der Waals surface area contributed by atoms with Crippen LogP contribution in [0.15, 0.2) is 60.3 Å². The highest BCUT2D eigenvalue weighted by atomic mass is 19.4. The largest absolute Gasteiger partial charge is 0.480 e. The van der Waals surface area contributed by atoms with E-state index >= 15 is 0 Å². The number of oxime groups is 1. The third-order valence-corrected chi connectivity index (χ3v) is 3.56. The molecule has 0 saturated carbocycles. The molecule has 0 unspecified atom stereocenters. The first kappa shape index (κ1) is 20.8. The molecular weight excluding hydrogens is 375 g/mol. The van der Waals surface area contributed by atoms with Gasteiger partial charge in [-0.2, -0.15) is 13.2 Å². The normalized spacial score (nSPS) is 11.5. The molecule has 0 aliphatic rings. The highest BCUT2D eigenvalue weighted by Crippen LogP contribution is 2.31. The number of nitrogens with zero attached hydrogens (tertiary/aromatic N) is 1. The van der Waals surface area contributed by atoms with E-state index in [2.05, 4.69) is 17.2 Å². The maximum atomic E-state index is 12.8. The molecule has 28 heavy (non-hydrogen) atoms. The molecule has 0 aliphatic carbocycles. The SMILES string of the molecule is C=C(NOc1cccc(C(F)(F)F)c1)c1ccccc1C(=NOC)C(=N)OC. The van der Waals surface area contributed by atoms with Crippen molar-refractivity contribution >= 4 is 17.3 Å². The van der Waals surface area contributed by atoms with Gasteiger partial charge >= 0.3 is 6.18 Å². The van der Waals surface area contributed by atoms with Crippen LogP contribution in [0.5, 0.6) is 5.75 Å². The third-order valence-electron chi connectivity index (χ3n) is 3.56. The van der Waals surface area contributed by atoms with E-state index in [1.54, 1.807) is 24.3 Å². The van der Waals surface area contributed by atoms with Gasteiger partial charge in [0.05, 0.1) is 18.4 Å². The summed E-state index contributed by atoms with van der Waals surface area (Å²) in [4.78, 5) is 10.0. The minimum atomic E-state index is -4.48. The van der Waals surface area contributed by atoms with Crippen molar-refractivity contribution in [3.8, 4) is 5.75 Å². The Kier molecular flexibility index (Phi) is 6.64. The van der Waals surface area contributed by atoms with Crippen LogP contribution in [0.2, 0.25) is 0 Å². The fourth-order valence-corrected chi connectivity index (χ4v) is 2.27. The summed E-state index contributed by atoms with van der Waals surface area (Å²) in [5, 5.41) is 11.7. The smallest absolute Gasteiger partial charge is 0.416 e. The standard InChI is InChI=1S/C19H18F3N3O3/c1-12(24-28-14-8-6-7-13(11-14)19(20,21)22)15-9-4-5-10-16(15)17(25-27-3)18(23)26-2/h4-11,23-24H,1H2,2-3H3. The van der Waals surface area contributed by atoms with Gasteiger partial charge in [0.15, 0.2) is 11.5 Å². The van der Waals surface area contributed by atoms with Gasteiger partial charge in [-0.25, -0.2) is 5.48 Å². The van der Waals surface area contributed by atoms with Crippen molar-refractivity contribution < 1.29 is 27.6 Å². The number of hydrogen-bond acceptors (Lipinski definition) is 6. The Morgan fingerprint density at radius 2 is 1.75 bits per heavy atom. The van der Waals surface area contributed by atoms with Crippen molar-refractivity contribution in [3.05, 3.63) is 71.8 Å². The summed E-state index contributed by atoms with van der Waals surface area (Å²) >= 11 is 0. The van der Waals surface area contributed by atoms with Gasteiger partial charge in [0.1, 0.15) is 7.11 Å². The molecule has 0 atom stereocenters. The van der Waals surface area contributed by atoms with Gasteiger partial charge in [-0.15, -0.1) is 0 Å². The Hall–Kier alpha value is -3.49. The monoisotopic (exact) mass is 393 g/mol. The van der Waals surface area contributed by atoms with Gasteiger partial charge in [0, 0.05) is 11.1 Å². The van der Waals surface area contributed by atoms with Gasteiger partial charge in [-0.3, -0.25) is 5.41 Å². The summed E-state index contributed by atoms with van der Waals surface area (Å²) in [5.41, 5.74) is 2.99. The lowest BCUT2D eigenvalue weighted by Crippen LogP contribution is -2.22. The molecule has 2 rings (SSSR count). The van der Waals surface area contributed by atoms with Crippen LogP contribution in [-0.4, -0.2) is 25.8 Å². The average molecular weight is 393 g/mol. The van der Waals surface area contributed by atoms with Crippen molar-refractivity contribution in [2.45, 2.75) is 6.18 Å². The number of methoxy groups -OCH3 is 1. The van der Waals surface area contributed by atoms with Crippen LogP contribution in [0, 0.1) is 5.41 Å². The minimum Gasteiger partial charge on any atom is -0.480 e. The third kappa shape index (κ3) is 5.03. The molecule has 0 aliphatic heterocycles. The molecule has 0 saturated heterocycles. The van der Waals surface area contributed by atoms with Gasteiger partial charge < -0.3 is 14.4 Å². The Morgan fingerprint density at radius 3 is 2.36 bits per heavy atom. The summed E-state index contributed by atoms with van der Waals surface area (Å²) < 4.78 is 43.3. The second-order valence-corrected chi connectivity index (χ2v) is 5.41. The Balaban J connectivity index is 2.24. The van der Waals surface area contributed by atoms with E-state index in [9.17, 15) is 13.2 Å². The Morgan fingerprint density at radius 1 is 1.07 bits per heavy atom. The minimum absolute atomic E-state index is 0.0381. The molecule has 0 spiro atoms. The predicted octanol–water partition coefficient (Wildman–Crippen LogP) is 4.23. The molecule has 0 aromatic heterocycles. The first-order chi connectivity index (χ1) is 13.3. The quantitative estimate of drug-likeness (QED) is 0.419. The second kappa shape index (κ2) is 8.94. The number of hydrogen-bond donors (Lipinski definition) is 2. The molecule has 2 aromatic carbocycles. The lowest BCUT2D eigenvalue weighted by molar-refractivity contribution is -0.137. The van der Waals surface area contributed by atoms with Crippen molar-refractivity contribution in [2.24, 2.45) is 5.16 Å². The van der Waals surface area contributed by atoms with Gasteiger partial charge in [0.2, 0.25) is 5.90 Å². The molecule has 9 heteroatoms. The van der Waals surface area contributed by atoms with Crippen molar-refractivity contribution in [3.63, 3.8) is 0 Å². The molecular formula is C19H18F3N3O3. The molecule has 0 fully saturated rings. The molecule has 0 radical (unpaired) electrons. The fourth-order valence-electron chi connectivity index (χ4n) is 2.27. The van der Waals surface area contributed by atoms with Crippen molar-refractivity contribution in [1.29, 1.82) is 5.41 Å². The molecule has 2 N–H and O–H groups in total. The van der Waals surface area contributed by atoms with Crippen LogP contribution in [0.1, 0.15) is 16.7 Å². The van der Waals surface area contributed by atoms with E-state index in [-0.39, 0.29) is 23.1 Å². The lowest BCUT2D eigenvalue weighted by Gasteiger charge is -2.16.